The molecule has 4 nitrogen and oxygen atoms in total. The van der Waals surface area contributed by atoms with Crippen LogP contribution >= 0.6 is 12.6 Å². The van der Waals surface area contributed by atoms with Crippen molar-refractivity contribution in [3.05, 3.63) is 0 Å². The highest BCUT2D eigenvalue weighted by molar-refractivity contribution is 7.80. The number of carboxylic acid groups (broad SMARTS) is 1. The Kier molecular flexibility index (Phi) is 3.87. The summed E-state index contributed by atoms with van der Waals surface area (Å²) in [6, 6.07) is -0.819. The van der Waals surface area contributed by atoms with Gasteiger partial charge >= 0.3 is 5.97 Å². The summed E-state index contributed by atoms with van der Waals surface area (Å²) in [5.74, 6) is -0.908. The number of carboxylic acids is 1. The molecule has 0 aliphatic heterocycles. The molecule has 0 fully saturated rings. The molecular formula is C5H9NO3S. The Morgan fingerprint density at radius 2 is 2.40 bits per heavy atom. The molecule has 1 atom stereocenters. The molecule has 0 heterocycles. The molecule has 0 unspecified atom stereocenters. The van der Waals surface area contributed by atoms with E-state index in [1.807, 2.05) is 0 Å². The van der Waals surface area contributed by atoms with Crippen molar-refractivity contribution < 1.29 is 14.7 Å². The molecule has 0 aliphatic carbocycles. The van der Waals surface area contributed by atoms with E-state index in [1.165, 1.54) is 7.05 Å². The highest BCUT2D eigenvalue weighted by atomic mass is 32.1. The maximum atomic E-state index is 10.3. The summed E-state index contributed by atoms with van der Waals surface area (Å²) in [7, 11) is 1.40. The van der Waals surface area contributed by atoms with Crippen LogP contribution in [0.4, 0.5) is 0 Å². The van der Waals surface area contributed by atoms with E-state index in [2.05, 4.69) is 12.6 Å². The molecule has 0 aromatic rings. The third-order valence-electron chi connectivity index (χ3n) is 1.12. The SMILES string of the molecule is CN(C=O)[C@H](CS)C(=O)O. The monoisotopic (exact) mass is 163 g/mol. The van der Waals surface area contributed by atoms with Crippen LogP contribution in [0, 0.1) is 0 Å². The van der Waals surface area contributed by atoms with Crippen molar-refractivity contribution in [2.24, 2.45) is 0 Å². The zero-order valence-electron chi connectivity index (χ0n) is 5.52. The minimum absolute atomic E-state index is 0.130. The molecular weight excluding hydrogens is 154 g/mol. The highest BCUT2D eigenvalue weighted by Gasteiger charge is 2.18. The number of aliphatic carboxylic acids is 1. The van der Waals surface area contributed by atoms with Crippen LogP contribution in [0.3, 0.4) is 0 Å². The van der Waals surface area contributed by atoms with Crippen LogP contribution in [0.2, 0.25) is 0 Å². The van der Waals surface area contributed by atoms with E-state index in [-0.39, 0.29) is 5.75 Å². The number of thiol groups is 1. The second kappa shape index (κ2) is 4.16. The first-order chi connectivity index (χ1) is 4.63. The summed E-state index contributed by atoms with van der Waals surface area (Å²) >= 11 is 3.77. The third kappa shape index (κ3) is 2.26. The highest BCUT2D eigenvalue weighted by Crippen LogP contribution is 1.95. The maximum Gasteiger partial charge on any atom is 0.327 e. The Morgan fingerprint density at radius 1 is 1.90 bits per heavy atom. The number of hydrogen-bond acceptors (Lipinski definition) is 3. The lowest BCUT2D eigenvalue weighted by Gasteiger charge is -2.17. The molecule has 0 saturated heterocycles. The minimum atomic E-state index is -1.04. The van der Waals surface area contributed by atoms with Crippen molar-refractivity contribution in [1.29, 1.82) is 0 Å². The molecule has 0 aromatic carbocycles. The summed E-state index contributed by atoms with van der Waals surface area (Å²) in [5, 5.41) is 8.43. The Bertz CT molecular complexity index is 139. The third-order valence-corrected chi connectivity index (χ3v) is 1.46. The van der Waals surface area contributed by atoms with Crippen molar-refractivity contribution in [3.8, 4) is 0 Å². The Labute approximate surface area is 64.2 Å². The number of hydrogen-bond donors (Lipinski definition) is 2. The van der Waals surface area contributed by atoms with E-state index in [9.17, 15) is 9.59 Å². The van der Waals surface area contributed by atoms with Gasteiger partial charge in [0.1, 0.15) is 6.04 Å². The lowest BCUT2D eigenvalue weighted by Crippen LogP contribution is -2.38. The smallest absolute Gasteiger partial charge is 0.327 e. The molecule has 58 valence electrons. The summed E-state index contributed by atoms with van der Waals surface area (Å²) < 4.78 is 0. The first-order valence-electron chi connectivity index (χ1n) is 2.64. The van der Waals surface area contributed by atoms with Gasteiger partial charge in [0.15, 0.2) is 0 Å². The predicted octanol–water partition coefficient (Wildman–Crippen LogP) is -0.542. The maximum absolute atomic E-state index is 10.3. The topological polar surface area (TPSA) is 57.6 Å². The molecule has 0 bridgehead atoms. The fraction of sp³-hybridized carbons (Fsp3) is 0.600. The zero-order chi connectivity index (χ0) is 8.15. The molecule has 0 rings (SSSR count). The second-order valence-electron chi connectivity index (χ2n) is 1.81. The van der Waals surface area contributed by atoms with Crippen LogP contribution in [0.15, 0.2) is 0 Å². The van der Waals surface area contributed by atoms with Crippen LogP contribution in [0.25, 0.3) is 0 Å². The first kappa shape index (κ1) is 9.29. The number of rotatable bonds is 4. The zero-order valence-corrected chi connectivity index (χ0v) is 6.41. The molecule has 10 heavy (non-hydrogen) atoms. The molecule has 0 spiro atoms. The molecule has 1 N–H and O–H groups in total. The van der Waals surface area contributed by atoms with Crippen LogP contribution in [0.1, 0.15) is 0 Å². The average Bonchev–Trinajstić information content (AvgIpc) is 1.88. The average molecular weight is 163 g/mol. The Morgan fingerprint density at radius 3 is 2.50 bits per heavy atom. The molecule has 0 radical (unpaired) electrons. The Balaban J connectivity index is 4.05. The lowest BCUT2D eigenvalue weighted by molar-refractivity contribution is -0.144. The van der Waals surface area contributed by atoms with Gasteiger partial charge in [-0.25, -0.2) is 4.79 Å². The fourth-order valence-corrected chi connectivity index (χ4v) is 0.868. The van der Waals surface area contributed by atoms with Gasteiger partial charge in [0.05, 0.1) is 0 Å². The van der Waals surface area contributed by atoms with Gasteiger partial charge in [0.2, 0.25) is 6.41 Å². The summed E-state index contributed by atoms with van der Waals surface area (Å²) in [6.07, 6.45) is 0.467. The molecule has 1 amide bonds. The van der Waals surface area contributed by atoms with E-state index < -0.39 is 12.0 Å². The van der Waals surface area contributed by atoms with Gasteiger partial charge < -0.3 is 10.0 Å². The number of carbonyl (C=O) groups excluding carboxylic acids is 1. The molecule has 0 aliphatic rings. The van der Waals surface area contributed by atoms with Gasteiger partial charge in [-0.1, -0.05) is 0 Å². The molecule has 0 saturated carbocycles. The van der Waals surface area contributed by atoms with Gasteiger partial charge in [-0.15, -0.1) is 0 Å². The van der Waals surface area contributed by atoms with Crippen molar-refractivity contribution >= 4 is 25.0 Å². The van der Waals surface area contributed by atoms with E-state index in [0.29, 0.717) is 6.41 Å². The number of amides is 1. The number of nitrogens with zero attached hydrogens (tertiary/aromatic N) is 1. The van der Waals surface area contributed by atoms with E-state index in [1.54, 1.807) is 0 Å². The molecule has 0 aromatic heterocycles. The summed E-state index contributed by atoms with van der Waals surface area (Å²) in [4.78, 5) is 21.4. The first-order valence-corrected chi connectivity index (χ1v) is 3.27. The van der Waals surface area contributed by atoms with Gasteiger partial charge in [0, 0.05) is 12.8 Å². The molecule has 5 heteroatoms. The second-order valence-corrected chi connectivity index (χ2v) is 2.17. The van der Waals surface area contributed by atoms with E-state index in [0.717, 1.165) is 4.90 Å². The predicted molar refractivity (Wildman–Crippen MR) is 39.1 cm³/mol. The normalized spacial score (nSPS) is 12.2. The lowest BCUT2D eigenvalue weighted by atomic mass is 10.3. The van der Waals surface area contributed by atoms with Crippen LogP contribution in [0.5, 0.6) is 0 Å². The van der Waals surface area contributed by atoms with Crippen molar-refractivity contribution in [2.45, 2.75) is 6.04 Å². The quantitative estimate of drug-likeness (QED) is 0.432. The van der Waals surface area contributed by atoms with Gasteiger partial charge in [0.25, 0.3) is 0 Å². The van der Waals surface area contributed by atoms with E-state index in [4.69, 9.17) is 5.11 Å². The standard InChI is InChI=1S/C5H9NO3S/c1-6(3-7)4(2-10)5(8)9/h3-4,10H,2H2,1H3,(H,8,9)/t4-/m1/s1. The summed E-state index contributed by atoms with van der Waals surface area (Å²) in [5.41, 5.74) is 0. The van der Waals surface area contributed by atoms with Crippen molar-refractivity contribution in [2.75, 3.05) is 12.8 Å². The van der Waals surface area contributed by atoms with Gasteiger partial charge in [-0.3, -0.25) is 4.79 Å². The van der Waals surface area contributed by atoms with Gasteiger partial charge in [-0.05, 0) is 0 Å². The van der Waals surface area contributed by atoms with Crippen molar-refractivity contribution in [1.82, 2.24) is 4.90 Å². The van der Waals surface area contributed by atoms with Crippen LogP contribution < -0.4 is 0 Å². The number of carbonyl (C=O) groups is 2. The van der Waals surface area contributed by atoms with Gasteiger partial charge in [-0.2, -0.15) is 12.6 Å². The van der Waals surface area contributed by atoms with Crippen LogP contribution in [-0.4, -0.2) is 41.2 Å². The fourth-order valence-electron chi connectivity index (χ4n) is 0.455. The van der Waals surface area contributed by atoms with Crippen LogP contribution in [-0.2, 0) is 9.59 Å². The minimum Gasteiger partial charge on any atom is -0.480 e. The van der Waals surface area contributed by atoms with E-state index >= 15 is 0 Å². The van der Waals surface area contributed by atoms with Crippen molar-refractivity contribution in [3.63, 3.8) is 0 Å². The summed E-state index contributed by atoms with van der Waals surface area (Å²) in [6.45, 7) is 0. The Hall–Kier alpha value is -0.710. The number of likely N-dealkylation sites (N-methyl/N-ethyl adjacent to an activating group) is 1. The largest absolute Gasteiger partial charge is 0.480 e.